The lowest BCUT2D eigenvalue weighted by molar-refractivity contribution is 0.0906. The molecule has 3 aromatic rings. The average Bonchev–Trinajstić information content (AvgIpc) is 3.15. The zero-order chi connectivity index (χ0) is 24.0. The average molecular weight is 481 g/mol. The SMILES string of the molecule is Cc1c(C(=O)N[C@@H]2CCCc3ccccc32)oc2ccc(S(=O)(=O)N3C[C@H](C)C[C@@H](C)C3)cc12. The van der Waals surface area contributed by atoms with Gasteiger partial charge in [-0.1, -0.05) is 38.1 Å². The number of carbonyl (C=O) groups is 1. The molecule has 2 heterocycles. The predicted molar refractivity (Wildman–Crippen MR) is 132 cm³/mol. The molecule has 5 rings (SSSR count). The molecule has 1 aliphatic heterocycles. The number of hydrogen-bond donors (Lipinski definition) is 1. The van der Waals surface area contributed by atoms with Crippen LogP contribution in [-0.2, 0) is 16.4 Å². The van der Waals surface area contributed by atoms with E-state index in [1.54, 1.807) is 22.5 Å². The van der Waals surface area contributed by atoms with Crippen LogP contribution in [0.1, 0.15) is 66.4 Å². The monoisotopic (exact) mass is 480 g/mol. The summed E-state index contributed by atoms with van der Waals surface area (Å²) in [7, 11) is -3.61. The molecule has 2 aromatic carbocycles. The van der Waals surface area contributed by atoms with Crippen LogP contribution in [0.2, 0.25) is 0 Å². The minimum atomic E-state index is -3.61. The van der Waals surface area contributed by atoms with Crippen LogP contribution in [-0.4, -0.2) is 31.7 Å². The van der Waals surface area contributed by atoms with Gasteiger partial charge < -0.3 is 9.73 Å². The van der Waals surface area contributed by atoms with Gasteiger partial charge in [-0.3, -0.25) is 4.79 Å². The fourth-order valence-corrected chi connectivity index (χ4v) is 7.36. The number of nitrogens with one attached hydrogen (secondary N) is 1. The van der Waals surface area contributed by atoms with Crippen LogP contribution in [0, 0.1) is 18.8 Å². The summed E-state index contributed by atoms with van der Waals surface area (Å²) in [4.78, 5) is 13.4. The Kier molecular flexibility index (Phi) is 6.02. The van der Waals surface area contributed by atoms with E-state index in [-0.39, 0.29) is 22.6 Å². The Labute approximate surface area is 201 Å². The van der Waals surface area contributed by atoms with E-state index >= 15 is 0 Å². The van der Waals surface area contributed by atoms with Crippen molar-refractivity contribution in [3.63, 3.8) is 0 Å². The summed E-state index contributed by atoms with van der Waals surface area (Å²) < 4.78 is 34.2. The van der Waals surface area contributed by atoms with E-state index < -0.39 is 10.0 Å². The summed E-state index contributed by atoms with van der Waals surface area (Å²) in [5.41, 5.74) is 3.62. The standard InChI is InChI=1S/C27H32N2O4S/c1-17-13-18(2)16-29(15-17)34(31,32)21-11-12-25-23(14-21)19(3)26(33-25)27(30)28-24-10-6-8-20-7-4-5-9-22(20)24/h4-5,7,9,11-12,14,17-18,24H,6,8,10,13,15-16H2,1-3H3,(H,28,30)/t17-,18-,24-/m1/s1. The van der Waals surface area contributed by atoms with Crippen LogP contribution in [0.25, 0.3) is 11.0 Å². The van der Waals surface area contributed by atoms with E-state index in [2.05, 4.69) is 31.3 Å². The fourth-order valence-electron chi connectivity index (χ4n) is 5.66. The van der Waals surface area contributed by atoms with E-state index in [0.717, 1.165) is 31.2 Å². The van der Waals surface area contributed by atoms with Crippen molar-refractivity contribution in [1.29, 1.82) is 0 Å². The van der Waals surface area contributed by atoms with E-state index in [4.69, 9.17) is 4.42 Å². The topological polar surface area (TPSA) is 79.6 Å². The van der Waals surface area contributed by atoms with Crippen molar-refractivity contribution < 1.29 is 17.6 Å². The van der Waals surface area contributed by atoms with Gasteiger partial charge in [-0.15, -0.1) is 0 Å². The zero-order valence-electron chi connectivity index (χ0n) is 20.0. The first-order valence-corrected chi connectivity index (χ1v) is 13.6. The summed E-state index contributed by atoms with van der Waals surface area (Å²) in [5.74, 6) is 0.641. The van der Waals surface area contributed by atoms with E-state index in [1.807, 2.05) is 19.1 Å². The van der Waals surface area contributed by atoms with Crippen molar-refractivity contribution in [2.75, 3.05) is 13.1 Å². The Morgan fingerprint density at radius 1 is 1.09 bits per heavy atom. The Bertz CT molecular complexity index is 1330. The van der Waals surface area contributed by atoms with Crippen LogP contribution in [0.3, 0.4) is 0 Å². The number of carbonyl (C=O) groups excluding carboxylic acids is 1. The number of fused-ring (bicyclic) bond motifs is 2. The molecule has 1 aromatic heterocycles. The van der Waals surface area contributed by atoms with Crippen LogP contribution in [0.4, 0.5) is 0 Å². The number of rotatable bonds is 4. The minimum Gasteiger partial charge on any atom is -0.451 e. The van der Waals surface area contributed by atoms with Crippen molar-refractivity contribution >= 4 is 26.9 Å². The van der Waals surface area contributed by atoms with Gasteiger partial charge in [-0.05, 0) is 73.8 Å². The quantitative estimate of drug-likeness (QED) is 0.556. The van der Waals surface area contributed by atoms with Crippen LogP contribution in [0.5, 0.6) is 0 Å². The highest BCUT2D eigenvalue weighted by Gasteiger charge is 2.32. The molecule has 1 N–H and O–H groups in total. The van der Waals surface area contributed by atoms with Gasteiger partial charge in [0.15, 0.2) is 5.76 Å². The van der Waals surface area contributed by atoms with Gasteiger partial charge in [0.05, 0.1) is 10.9 Å². The maximum atomic E-state index is 13.4. The number of aryl methyl sites for hydroxylation is 2. The fraction of sp³-hybridized carbons (Fsp3) is 0.444. The highest BCUT2D eigenvalue weighted by molar-refractivity contribution is 7.89. The Morgan fingerprint density at radius 3 is 2.59 bits per heavy atom. The molecule has 0 saturated carbocycles. The lowest BCUT2D eigenvalue weighted by Crippen LogP contribution is -2.42. The van der Waals surface area contributed by atoms with Crippen LogP contribution < -0.4 is 5.32 Å². The number of piperidine rings is 1. The summed E-state index contributed by atoms with van der Waals surface area (Å²) in [6.45, 7) is 7.07. The summed E-state index contributed by atoms with van der Waals surface area (Å²) in [6.07, 6.45) is 3.97. The molecular formula is C27H32N2O4S. The third-order valence-electron chi connectivity index (χ3n) is 7.26. The normalized spacial score (nSPS) is 23.6. The van der Waals surface area contributed by atoms with Crippen molar-refractivity contribution in [3.8, 4) is 0 Å². The smallest absolute Gasteiger partial charge is 0.287 e. The van der Waals surface area contributed by atoms with Gasteiger partial charge in [0.25, 0.3) is 5.91 Å². The van der Waals surface area contributed by atoms with Gasteiger partial charge in [0.2, 0.25) is 10.0 Å². The molecule has 0 radical (unpaired) electrons. The molecule has 34 heavy (non-hydrogen) atoms. The first-order valence-electron chi connectivity index (χ1n) is 12.2. The van der Waals surface area contributed by atoms with Crippen molar-refractivity contribution in [3.05, 3.63) is 64.9 Å². The molecule has 1 amide bonds. The van der Waals surface area contributed by atoms with Crippen molar-refractivity contribution in [2.24, 2.45) is 11.8 Å². The molecule has 1 aliphatic carbocycles. The van der Waals surface area contributed by atoms with Crippen molar-refractivity contribution in [1.82, 2.24) is 9.62 Å². The molecular weight excluding hydrogens is 448 g/mol. The van der Waals surface area contributed by atoms with Gasteiger partial charge in [-0.25, -0.2) is 8.42 Å². The molecule has 0 spiro atoms. The largest absolute Gasteiger partial charge is 0.451 e. The van der Waals surface area contributed by atoms with Gasteiger partial charge in [0.1, 0.15) is 5.58 Å². The number of nitrogens with zero attached hydrogens (tertiary/aromatic N) is 1. The van der Waals surface area contributed by atoms with Gasteiger partial charge in [-0.2, -0.15) is 4.31 Å². The zero-order valence-corrected chi connectivity index (χ0v) is 20.8. The highest BCUT2D eigenvalue weighted by atomic mass is 32.2. The molecule has 0 bridgehead atoms. The third kappa shape index (κ3) is 4.16. The van der Waals surface area contributed by atoms with E-state index in [1.165, 1.54) is 5.56 Å². The number of sulfonamides is 1. The summed E-state index contributed by atoms with van der Waals surface area (Å²) in [6, 6.07) is 13.1. The minimum absolute atomic E-state index is 0.0518. The van der Waals surface area contributed by atoms with Gasteiger partial charge >= 0.3 is 0 Å². The maximum Gasteiger partial charge on any atom is 0.287 e. The molecule has 1 fully saturated rings. The molecule has 0 unspecified atom stereocenters. The Balaban J connectivity index is 1.43. The number of benzene rings is 2. The van der Waals surface area contributed by atoms with Gasteiger partial charge in [0, 0.05) is 24.0 Å². The molecule has 7 heteroatoms. The molecule has 3 atom stereocenters. The van der Waals surface area contributed by atoms with E-state index in [9.17, 15) is 13.2 Å². The summed E-state index contributed by atoms with van der Waals surface area (Å²) >= 11 is 0. The lowest BCUT2D eigenvalue weighted by atomic mass is 9.87. The summed E-state index contributed by atoms with van der Waals surface area (Å²) in [5, 5.41) is 3.80. The molecule has 6 nitrogen and oxygen atoms in total. The van der Waals surface area contributed by atoms with Crippen LogP contribution >= 0.6 is 0 Å². The maximum absolute atomic E-state index is 13.4. The number of hydrogen-bond acceptors (Lipinski definition) is 4. The predicted octanol–water partition coefficient (Wildman–Crippen LogP) is 5.22. The molecule has 1 saturated heterocycles. The van der Waals surface area contributed by atoms with E-state index in [0.29, 0.717) is 41.5 Å². The highest BCUT2D eigenvalue weighted by Crippen LogP contribution is 2.33. The first kappa shape index (κ1) is 23.1. The van der Waals surface area contributed by atoms with Crippen LogP contribution in [0.15, 0.2) is 51.8 Å². The second-order valence-electron chi connectivity index (χ2n) is 10.1. The Morgan fingerprint density at radius 2 is 1.82 bits per heavy atom. The number of amides is 1. The Hall–Kier alpha value is -2.64. The molecule has 2 aliphatic rings. The first-order chi connectivity index (χ1) is 16.2. The second-order valence-corrected chi connectivity index (χ2v) is 12.0. The molecule has 180 valence electrons. The van der Waals surface area contributed by atoms with Crippen molar-refractivity contribution in [2.45, 2.75) is 57.4 Å². The lowest BCUT2D eigenvalue weighted by Gasteiger charge is -2.34. The third-order valence-corrected chi connectivity index (χ3v) is 9.09. The number of furan rings is 1. The second kappa shape index (κ2) is 8.86.